The van der Waals surface area contributed by atoms with Crippen LogP contribution in [0, 0.1) is 0 Å². The molecule has 0 amide bonds. The van der Waals surface area contributed by atoms with Gasteiger partial charge in [-0.3, -0.25) is 0 Å². The van der Waals surface area contributed by atoms with Gasteiger partial charge in [-0.15, -0.1) is 5.11 Å². The lowest BCUT2D eigenvalue weighted by Crippen LogP contribution is -1.93. The molecule has 2 aromatic rings. The highest BCUT2D eigenvalue weighted by atomic mass is 35.5. The normalized spacial score (nSPS) is 10.8. The van der Waals surface area contributed by atoms with Crippen LogP contribution in [0.3, 0.4) is 0 Å². The van der Waals surface area contributed by atoms with Crippen LogP contribution in [0.2, 0.25) is 5.02 Å². The van der Waals surface area contributed by atoms with Gasteiger partial charge in [0.25, 0.3) is 0 Å². The fourth-order valence-corrected chi connectivity index (χ4v) is 1.72. The van der Waals surface area contributed by atoms with E-state index in [4.69, 9.17) is 22.1 Å². The summed E-state index contributed by atoms with van der Waals surface area (Å²) < 4.78 is 5.47. The first-order valence-corrected chi connectivity index (χ1v) is 6.26. The zero-order valence-electron chi connectivity index (χ0n) is 10.5. The summed E-state index contributed by atoms with van der Waals surface area (Å²) in [5, 5.41) is 8.92. The Hall–Kier alpha value is -2.07. The molecule has 0 radical (unpaired) electrons. The second-order valence-corrected chi connectivity index (χ2v) is 4.28. The number of halogens is 1. The van der Waals surface area contributed by atoms with E-state index in [1.54, 1.807) is 30.3 Å². The highest BCUT2D eigenvalue weighted by Gasteiger charge is 2.03. The van der Waals surface area contributed by atoms with E-state index in [-0.39, 0.29) is 0 Å². The average molecular weight is 276 g/mol. The number of nitrogen functional groups attached to an aromatic ring is 1. The molecule has 0 unspecified atom stereocenters. The van der Waals surface area contributed by atoms with Crippen molar-refractivity contribution in [2.45, 2.75) is 6.92 Å². The van der Waals surface area contributed by atoms with Crippen LogP contribution in [0.25, 0.3) is 0 Å². The minimum absolute atomic E-state index is 0.545. The van der Waals surface area contributed by atoms with Crippen molar-refractivity contribution in [1.82, 2.24) is 0 Å². The second-order valence-electron chi connectivity index (χ2n) is 3.84. The molecule has 0 saturated carbocycles. The first-order valence-electron chi connectivity index (χ1n) is 5.88. The van der Waals surface area contributed by atoms with Crippen LogP contribution in [0.4, 0.5) is 17.1 Å². The number of nitrogens with zero attached hydrogens (tertiary/aromatic N) is 2. The van der Waals surface area contributed by atoms with Crippen molar-refractivity contribution in [3.8, 4) is 5.75 Å². The van der Waals surface area contributed by atoms with Gasteiger partial charge >= 0.3 is 0 Å². The number of ether oxygens (including phenoxy) is 1. The van der Waals surface area contributed by atoms with Crippen LogP contribution in [0.1, 0.15) is 6.92 Å². The molecule has 0 heterocycles. The first-order chi connectivity index (χ1) is 9.19. The highest BCUT2D eigenvalue weighted by Crippen LogP contribution is 2.31. The predicted molar refractivity (Wildman–Crippen MR) is 77.7 cm³/mol. The number of azo groups is 1. The number of rotatable bonds is 4. The Bertz CT molecular complexity index is 599. The van der Waals surface area contributed by atoms with E-state index in [0.717, 1.165) is 0 Å². The summed E-state index contributed by atoms with van der Waals surface area (Å²) in [6, 6.07) is 12.4. The van der Waals surface area contributed by atoms with Crippen molar-refractivity contribution in [1.29, 1.82) is 0 Å². The Labute approximate surface area is 116 Å². The zero-order chi connectivity index (χ0) is 13.7. The molecule has 2 aromatic carbocycles. The van der Waals surface area contributed by atoms with Crippen LogP contribution in [-0.2, 0) is 0 Å². The molecule has 0 aromatic heterocycles. The monoisotopic (exact) mass is 275 g/mol. The fraction of sp³-hybridized carbons (Fsp3) is 0.143. The maximum atomic E-state index is 5.89. The molecule has 19 heavy (non-hydrogen) atoms. The third-order valence-corrected chi connectivity index (χ3v) is 2.60. The second kappa shape index (κ2) is 6.20. The molecule has 0 aliphatic rings. The van der Waals surface area contributed by atoms with Gasteiger partial charge in [-0.1, -0.05) is 17.7 Å². The summed E-state index contributed by atoms with van der Waals surface area (Å²) in [5.41, 5.74) is 7.67. The van der Waals surface area contributed by atoms with E-state index in [2.05, 4.69) is 10.2 Å². The lowest BCUT2D eigenvalue weighted by molar-refractivity contribution is 0.341. The van der Waals surface area contributed by atoms with Crippen LogP contribution >= 0.6 is 11.6 Å². The summed E-state index contributed by atoms with van der Waals surface area (Å²) in [4.78, 5) is 0. The number of benzene rings is 2. The van der Waals surface area contributed by atoms with Gasteiger partial charge in [0.15, 0.2) is 0 Å². The summed E-state index contributed by atoms with van der Waals surface area (Å²) >= 11 is 5.89. The summed E-state index contributed by atoms with van der Waals surface area (Å²) in [7, 11) is 0. The molecule has 0 aliphatic carbocycles. The molecule has 0 fully saturated rings. The largest absolute Gasteiger partial charge is 0.491 e. The molecular weight excluding hydrogens is 262 g/mol. The van der Waals surface area contributed by atoms with Crippen molar-refractivity contribution in [3.63, 3.8) is 0 Å². The van der Waals surface area contributed by atoms with Gasteiger partial charge in [0.1, 0.15) is 11.4 Å². The Morgan fingerprint density at radius 2 is 2.00 bits per heavy atom. The third kappa shape index (κ3) is 3.69. The lowest BCUT2D eigenvalue weighted by Gasteiger charge is -2.06. The maximum absolute atomic E-state index is 5.89. The summed E-state index contributed by atoms with van der Waals surface area (Å²) in [6.07, 6.45) is 0. The molecule has 0 atom stereocenters. The van der Waals surface area contributed by atoms with Crippen LogP contribution < -0.4 is 10.5 Å². The minimum atomic E-state index is 0.545. The van der Waals surface area contributed by atoms with Crippen molar-refractivity contribution in [2.75, 3.05) is 12.3 Å². The lowest BCUT2D eigenvalue weighted by atomic mass is 10.2. The highest BCUT2D eigenvalue weighted by molar-refractivity contribution is 6.30. The summed E-state index contributed by atoms with van der Waals surface area (Å²) in [5.74, 6) is 0.619. The fourth-order valence-electron chi connectivity index (χ4n) is 1.53. The average Bonchev–Trinajstić information content (AvgIpc) is 2.38. The van der Waals surface area contributed by atoms with Gasteiger partial charge in [0.2, 0.25) is 0 Å². The van der Waals surface area contributed by atoms with Crippen LogP contribution in [-0.4, -0.2) is 6.61 Å². The molecule has 98 valence electrons. The van der Waals surface area contributed by atoms with Crippen molar-refractivity contribution < 1.29 is 4.74 Å². The van der Waals surface area contributed by atoms with Crippen molar-refractivity contribution in [2.24, 2.45) is 10.2 Å². The van der Waals surface area contributed by atoms with E-state index < -0.39 is 0 Å². The van der Waals surface area contributed by atoms with Gasteiger partial charge in [-0.05, 0) is 37.3 Å². The predicted octanol–water partition coefficient (Wildman–Crippen LogP) is 4.74. The van der Waals surface area contributed by atoms with Crippen LogP contribution in [0.5, 0.6) is 5.75 Å². The molecule has 2 N–H and O–H groups in total. The van der Waals surface area contributed by atoms with Gasteiger partial charge in [-0.2, -0.15) is 5.11 Å². The Morgan fingerprint density at radius 1 is 1.16 bits per heavy atom. The molecule has 2 rings (SSSR count). The SMILES string of the molecule is CCOc1cc(N)ccc1N=Nc1cccc(Cl)c1. The molecule has 5 heteroatoms. The molecule has 0 saturated heterocycles. The standard InChI is InChI=1S/C14H14ClN3O/c1-2-19-14-9-11(16)6-7-13(14)18-17-12-5-3-4-10(15)8-12/h3-9H,2,16H2,1H3. The van der Waals surface area contributed by atoms with Crippen molar-refractivity contribution in [3.05, 3.63) is 47.5 Å². The first kappa shape index (κ1) is 13.4. The maximum Gasteiger partial charge on any atom is 0.148 e. The number of hydrogen-bond donors (Lipinski definition) is 1. The third-order valence-electron chi connectivity index (χ3n) is 2.37. The van der Waals surface area contributed by atoms with Gasteiger partial charge in [0.05, 0.1) is 12.3 Å². The molecule has 0 aliphatic heterocycles. The van der Waals surface area contributed by atoms with E-state index >= 15 is 0 Å². The Kier molecular flexibility index (Phi) is 4.36. The molecule has 0 spiro atoms. The quantitative estimate of drug-likeness (QED) is 0.647. The van der Waals surface area contributed by atoms with E-state index in [9.17, 15) is 0 Å². The Morgan fingerprint density at radius 3 is 2.74 bits per heavy atom. The van der Waals surface area contributed by atoms with Gasteiger partial charge in [0, 0.05) is 16.8 Å². The number of hydrogen-bond acceptors (Lipinski definition) is 4. The molecule has 0 bridgehead atoms. The number of anilines is 1. The molecule has 4 nitrogen and oxygen atoms in total. The van der Waals surface area contributed by atoms with Gasteiger partial charge in [-0.25, -0.2) is 0 Å². The molecular formula is C14H14ClN3O. The topological polar surface area (TPSA) is 60.0 Å². The zero-order valence-corrected chi connectivity index (χ0v) is 11.3. The van der Waals surface area contributed by atoms with E-state index in [1.807, 2.05) is 19.1 Å². The van der Waals surface area contributed by atoms with E-state index in [0.29, 0.717) is 34.4 Å². The number of nitrogens with two attached hydrogens (primary N) is 1. The van der Waals surface area contributed by atoms with Crippen molar-refractivity contribution >= 4 is 28.7 Å². The van der Waals surface area contributed by atoms with Gasteiger partial charge < -0.3 is 10.5 Å². The Balaban J connectivity index is 2.27. The van der Waals surface area contributed by atoms with Crippen LogP contribution in [0.15, 0.2) is 52.7 Å². The summed E-state index contributed by atoms with van der Waals surface area (Å²) in [6.45, 7) is 2.45. The smallest absolute Gasteiger partial charge is 0.148 e. The van der Waals surface area contributed by atoms with E-state index in [1.165, 1.54) is 0 Å². The minimum Gasteiger partial charge on any atom is -0.491 e.